The van der Waals surface area contributed by atoms with Crippen LogP contribution in [0.4, 0.5) is 4.39 Å². The average Bonchev–Trinajstić information content (AvgIpc) is 3.07. The maximum absolute atomic E-state index is 14.6. The molecule has 4 heteroatoms. The minimum absolute atomic E-state index is 0.316. The molecule has 0 aliphatic carbocycles. The highest BCUT2D eigenvalue weighted by atomic mass is 19.1. The van der Waals surface area contributed by atoms with Crippen LogP contribution in [0.15, 0.2) is 71.1 Å². The highest BCUT2D eigenvalue weighted by Crippen LogP contribution is 2.30. The Labute approximate surface area is 144 Å². The van der Waals surface area contributed by atoms with Gasteiger partial charge in [-0.25, -0.2) is 9.37 Å². The van der Waals surface area contributed by atoms with Gasteiger partial charge in [0, 0.05) is 11.1 Å². The molecule has 0 atom stereocenters. The molecule has 0 bridgehead atoms. The van der Waals surface area contributed by atoms with Gasteiger partial charge in [-0.1, -0.05) is 30.3 Å². The van der Waals surface area contributed by atoms with Gasteiger partial charge in [-0.05, 0) is 48.9 Å². The van der Waals surface area contributed by atoms with Crippen LogP contribution in [0.25, 0.3) is 33.7 Å². The summed E-state index contributed by atoms with van der Waals surface area (Å²) in [6, 6.07) is 19.9. The molecule has 1 heterocycles. The molecule has 3 aromatic carbocycles. The molecule has 3 nitrogen and oxygen atoms in total. The molecule has 0 N–H and O–H groups in total. The van der Waals surface area contributed by atoms with Crippen LogP contribution >= 0.6 is 0 Å². The van der Waals surface area contributed by atoms with E-state index in [1.165, 1.54) is 6.07 Å². The monoisotopic (exact) mass is 333 g/mol. The summed E-state index contributed by atoms with van der Waals surface area (Å²) in [4.78, 5) is 4.41. The molecule has 4 aromatic rings. The predicted molar refractivity (Wildman–Crippen MR) is 96.0 cm³/mol. The smallest absolute Gasteiger partial charge is 0.227 e. The van der Waals surface area contributed by atoms with E-state index in [9.17, 15) is 4.39 Å². The maximum Gasteiger partial charge on any atom is 0.227 e. The van der Waals surface area contributed by atoms with Crippen molar-refractivity contribution >= 4 is 11.1 Å². The number of nitrogens with zero attached hydrogens (tertiary/aromatic N) is 1. The van der Waals surface area contributed by atoms with Gasteiger partial charge >= 0.3 is 0 Å². The summed E-state index contributed by atoms with van der Waals surface area (Å²) >= 11 is 0. The van der Waals surface area contributed by atoms with Crippen molar-refractivity contribution in [1.29, 1.82) is 0 Å². The zero-order valence-electron chi connectivity index (χ0n) is 13.7. The van der Waals surface area contributed by atoms with Crippen molar-refractivity contribution in [2.45, 2.75) is 6.92 Å². The molecule has 0 spiro atoms. The minimum atomic E-state index is -0.316. The van der Waals surface area contributed by atoms with Gasteiger partial charge in [0.15, 0.2) is 5.58 Å². The summed E-state index contributed by atoms with van der Waals surface area (Å²) in [5.41, 5.74) is 3.39. The number of fused-ring (bicyclic) bond motifs is 1. The summed E-state index contributed by atoms with van der Waals surface area (Å²) < 4.78 is 25.7. The number of ether oxygens (including phenoxy) is 1. The van der Waals surface area contributed by atoms with Gasteiger partial charge in [-0.15, -0.1) is 0 Å². The summed E-state index contributed by atoms with van der Waals surface area (Å²) in [5.74, 6) is 0.872. The van der Waals surface area contributed by atoms with Crippen molar-refractivity contribution in [2.24, 2.45) is 0 Å². The Bertz CT molecular complexity index is 989. The molecule has 124 valence electrons. The van der Waals surface area contributed by atoms with Crippen molar-refractivity contribution in [3.05, 3.63) is 72.5 Å². The summed E-state index contributed by atoms with van der Waals surface area (Å²) in [6.07, 6.45) is 0. The second kappa shape index (κ2) is 6.40. The summed E-state index contributed by atoms with van der Waals surface area (Å²) in [5, 5.41) is 0. The summed E-state index contributed by atoms with van der Waals surface area (Å²) in [6.45, 7) is 2.53. The standard InChI is InChI=1S/C21H16FNO2/c1-2-24-16-10-7-14(8-11-16)17-12-9-15(13-18(17)22)21-23-19-5-3-4-6-20(19)25-21/h3-13H,2H2,1H3. The van der Waals surface area contributed by atoms with Crippen LogP contribution in [-0.2, 0) is 0 Å². The lowest BCUT2D eigenvalue weighted by Gasteiger charge is -2.07. The number of para-hydroxylation sites is 2. The topological polar surface area (TPSA) is 35.3 Å². The second-order valence-corrected chi connectivity index (χ2v) is 5.64. The normalized spacial score (nSPS) is 11.0. The number of benzene rings is 3. The number of aromatic nitrogens is 1. The Hall–Kier alpha value is -3.14. The molecule has 0 unspecified atom stereocenters. The first-order valence-corrected chi connectivity index (χ1v) is 8.13. The molecule has 0 aliphatic rings. The fourth-order valence-electron chi connectivity index (χ4n) is 2.78. The molecular weight excluding hydrogens is 317 g/mol. The van der Waals surface area contributed by atoms with E-state index in [1.54, 1.807) is 6.07 Å². The van der Waals surface area contributed by atoms with Crippen LogP contribution in [0.2, 0.25) is 0 Å². The van der Waals surface area contributed by atoms with E-state index in [4.69, 9.17) is 9.15 Å². The van der Waals surface area contributed by atoms with E-state index in [0.717, 1.165) is 16.8 Å². The Morgan fingerprint density at radius 2 is 1.72 bits per heavy atom. The first-order valence-electron chi connectivity index (χ1n) is 8.13. The lowest BCUT2D eigenvalue weighted by atomic mass is 10.0. The molecule has 0 saturated heterocycles. The second-order valence-electron chi connectivity index (χ2n) is 5.64. The quantitative estimate of drug-likeness (QED) is 0.480. The number of hydrogen-bond acceptors (Lipinski definition) is 3. The molecule has 4 rings (SSSR count). The molecule has 0 radical (unpaired) electrons. The molecule has 0 amide bonds. The number of oxazole rings is 1. The molecule has 0 saturated carbocycles. The van der Waals surface area contributed by atoms with Crippen LogP contribution in [0.1, 0.15) is 6.92 Å². The zero-order valence-corrected chi connectivity index (χ0v) is 13.7. The Balaban J connectivity index is 1.68. The SMILES string of the molecule is CCOc1ccc(-c2ccc(-c3nc4ccccc4o3)cc2F)cc1. The third-order valence-corrected chi connectivity index (χ3v) is 3.99. The molecule has 1 aromatic heterocycles. The van der Waals surface area contributed by atoms with Gasteiger partial charge in [0.2, 0.25) is 5.89 Å². The lowest BCUT2D eigenvalue weighted by molar-refractivity contribution is 0.340. The van der Waals surface area contributed by atoms with E-state index in [-0.39, 0.29) is 5.82 Å². The van der Waals surface area contributed by atoms with Crippen molar-refractivity contribution in [3.8, 4) is 28.3 Å². The van der Waals surface area contributed by atoms with E-state index in [2.05, 4.69) is 4.98 Å². The first kappa shape index (κ1) is 15.4. The van der Waals surface area contributed by atoms with Gasteiger partial charge in [-0.2, -0.15) is 0 Å². The third-order valence-electron chi connectivity index (χ3n) is 3.99. The lowest BCUT2D eigenvalue weighted by Crippen LogP contribution is -1.91. The first-order chi connectivity index (χ1) is 12.2. The Morgan fingerprint density at radius 1 is 0.960 bits per heavy atom. The molecular formula is C21H16FNO2. The Morgan fingerprint density at radius 3 is 2.44 bits per heavy atom. The highest BCUT2D eigenvalue weighted by molar-refractivity contribution is 5.77. The van der Waals surface area contributed by atoms with Crippen molar-refractivity contribution in [1.82, 2.24) is 4.98 Å². The van der Waals surface area contributed by atoms with Gasteiger partial charge in [0.05, 0.1) is 6.61 Å². The minimum Gasteiger partial charge on any atom is -0.494 e. The van der Waals surface area contributed by atoms with Crippen LogP contribution in [-0.4, -0.2) is 11.6 Å². The van der Waals surface area contributed by atoms with Gasteiger partial charge in [-0.3, -0.25) is 0 Å². The zero-order chi connectivity index (χ0) is 17.2. The fraction of sp³-hybridized carbons (Fsp3) is 0.0952. The van der Waals surface area contributed by atoms with E-state index < -0.39 is 0 Å². The molecule has 25 heavy (non-hydrogen) atoms. The third kappa shape index (κ3) is 2.98. The van der Waals surface area contributed by atoms with Crippen LogP contribution < -0.4 is 4.74 Å². The highest BCUT2D eigenvalue weighted by Gasteiger charge is 2.12. The van der Waals surface area contributed by atoms with Gasteiger partial charge < -0.3 is 9.15 Å². The number of hydrogen-bond donors (Lipinski definition) is 0. The van der Waals surface area contributed by atoms with Crippen molar-refractivity contribution in [3.63, 3.8) is 0 Å². The number of rotatable bonds is 4. The molecule has 0 fully saturated rings. The van der Waals surface area contributed by atoms with Crippen LogP contribution in [0.3, 0.4) is 0 Å². The molecule has 0 aliphatic heterocycles. The fourth-order valence-corrected chi connectivity index (χ4v) is 2.78. The van der Waals surface area contributed by atoms with E-state index in [0.29, 0.717) is 29.2 Å². The van der Waals surface area contributed by atoms with Crippen LogP contribution in [0, 0.1) is 5.82 Å². The largest absolute Gasteiger partial charge is 0.494 e. The van der Waals surface area contributed by atoms with Crippen LogP contribution in [0.5, 0.6) is 5.75 Å². The van der Waals surface area contributed by atoms with Gasteiger partial charge in [0.25, 0.3) is 0 Å². The maximum atomic E-state index is 14.6. The Kier molecular flexibility index (Phi) is 3.94. The number of halogens is 1. The average molecular weight is 333 g/mol. The van der Waals surface area contributed by atoms with E-state index in [1.807, 2.05) is 61.5 Å². The van der Waals surface area contributed by atoms with E-state index >= 15 is 0 Å². The predicted octanol–water partition coefficient (Wildman–Crippen LogP) is 5.70. The van der Waals surface area contributed by atoms with Crippen molar-refractivity contribution in [2.75, 3.05) is 6.61 Å². The summed E-state index contributed by atoms with van der Waals surface area (Å²) in [7, 11) is 0. The van der Waals surface area contributed by atoms with Crippen molar-refractivity contribution < 1.29 is 13.5 Å². The van der Waals surface area contributed by atoms with Gasteiger partial charge in [0.1, 0.15) is 17.1 Å².